The molecule has 0 bridgehead atoms. The molecule has 0 aliphatic carbocycles. The third kappa shape index (κ3) is 4.86. The molecule has 0 aliphatic rings. The molecule has 0 radical (unpaired) electrons. The lowest BCUT2D eigenvalue weighted by Gasteiger charge is -2.20. The minimum Gasteiger partial charge on any atom is -0.494 e. The van der Waals surface area contributed by atoms with Crippen LogP contribution in [0.3, 0.4) is 0 Å². The average molecular weight is 272 g/mol. The highest BCUT2D eigenvalue weighted by Gasteiger charge is 2.16. The number of hydrogen-bond acceptors (Lipinski definition) is 3. The van der Waals surface area contributed by atoms with Crippen LogP contribution < -0.4 is 4.74 Å². The van der Waals surface area contributed by atoms with Gasteiger partial charge in [0.05, 0.1) is 13.2 Å². The number of aliphatic hydroxyl groups excluding tert-OH is 1. The van der Waals surface area contributed by atoms with Gasteiger partial charge in [-0.3, -0.25) is 0 Å². The second kappa shape index (κ2) is 6.43. The molecule has 1 unspecified atom stereocenters. The molecular weight excluding hydrogens is 251 g/mol. The summed E-state index contributed by atoms with van der Waals surface area (Å²) in [6, 6.07) is 5.00. The molecule has 1 rings (SSSR count). The SMILES string of the molecule is COc1cccc(CC(O)CSC(C)(C)C)c1F. The zero-order chi connectivity index (χ0) is 13.8. The van der Waals surface area contributed by atoms with Gasteiger partial charge in [0.1, 0.15) is 0 Å². The lowest BCUT2D eigenvalue weighted by Crippen LogP contribution is -2.19. The van der Waals surface area contributed by atoms with E-state index >= 15 is 0 Å². The Morgan fingerprint density at radius 2 is 2.06 bits per heavy atom. The summed E-state index contributed by atoms with van der Waals surface area (Å²) in [6.07, 6.45) is -0.234. The third-order valence-electron chi connectivity index (χ3n) is 2.43. The fourth-order valence-corrected chi connectivity index (χ4v) is 2.34. The van der Waals surface area contributed by atoms with Crippen LogP contribution in [0.4, 0.5) is 4.39 Å². The third-order valence-corrected chi connectivity index (χ3v) is 3.84. The van der Waals surface area contributed by atoms with Crippen LogP contribution in [0.5, 0.6) is 5.75 Å². The Bertz CT molecular complexity index is 388. The molecule has 2 nitrogen and oxygen atoms in total. The molecule has 102 valence electrons. The van der Waals surface area contributed by atoms with E-state index in [0.29, 0.717) is 17.7 Å². The molecule has 1 aromatic rings. The van der Waals surface area contributed by atoms with E-state index in [1.807, 2.05) is 0 Å². The summed E-state index contributed by atoms with van der Waals surface area (Å²) in [4.78, 5) is 0. The largest absolute Gasteiger partial charge is 0.494 e. The topological polar surface area (TPSA) is 29.5 Å². The zero-order valence-corrected chi connectivity index (χ0v) is 12.2. The van der Waals surface area contributed by atoms with Crippen LogP contribution in [0.15, 0.2) is 18.2 Å². The molecule has 0 saturated carbocycles. The lowest BCUT2D eigenvalue weighted by atomic mass is 10.1. The maximum atomic E-state index is 13.9. The van der Waals surface area contributed by atoms with E-state index in [9.17, 15) is 9.50 Å². The first kappa shape index (κ1) is 15.3. The van der Waals surface area contributed by atoms with Crippen LogP contribution in [0.25, 0.3) is 0 Å². The van der Waals surface area contributed by atoms with Gasteiger partial charge in [-0.25, -0.2) is 4.39 Å². The summed E-state index contributed by atoms with van der Waals surface area (Å²) in [5.74, 6) is 0.447. The van der Waals surface area contributed by atoms with Crippen molar-refractivity contribution in [1.82, 2.24) is 0 Å². The van der Waals surface area contributed by atoms with Gasteiger partial charge in [-0.2, -0.15) is 11.8 Å². The van der Waals surface area contributed by atoms with Gasteiger partial charge in [0, 0.05) is 16.9 Å². The molecule has 0 saturated heterocycles. The van der Waals surface area contributed by atoms with Crippen LogP contribution in [-0.4, -0.2) is 28.8 Å². The van der Waals surface area contributed by atoms with Crippen molar-refractivity contribution in [2.75, 3.05) is 12.9 Å². The smallest absolute Gasteiger partial charge is 0.168 e. The molecule has 1 aromatic carbocycles. The summed E-state index contributed by atoms with van der Waals surface area (Å²) < 4.78 is 18.9. The fourth-order valence-electron chi connectivity index (χ4n) is 1.53. The predicted molar refractivity (Wildman–Crippen MR) is 74.9 cm³/mol. The van der Waals surface area contributed by atoms with Crippen molar-refractivity contribution in [1.29, 1.82) is 0 Å². The first-order valence-corrected chi connectivity index (χ1v) is 6.95. The molecule has 1 N–H and O–H groups in total. The summed E-state index contributed by atoms with van der Waals surface area (Å²) in [5.41, 5.74) is 0.497. The van der Waals surface area contributed by atoms with Crippen molar-refractivity contribution in [3.63, 3.8) is 0 Å². The Hall–Kier alpha value is -0.740. The van der Waals surface area contributed by atoms with Gasteiger partial charge in [0.15, 0.2) is 11.6 Å². The van der Waals surface area contributed by atoms with Gasteiger partial charge >= 0.3 is 0 Å². The Morgan fingerprint density at radius 3 is 2.61 bits per heavy atom. The number of methoxy groups -OCH3 is 1. The molecule has 0 spiro atoms. The normalized spacial score (nSPS) is 13.4. The van der Waals surface area contributed by atoms with Crippen LogP contribution >= 0.6 is 11.8 Å². The monoisotopic (exact) mass is 272 g/mol. The van der Waals surface area contributed by atoms with E-state index in [-0.39, 0.29) is 16.3 Å². The van der Waals surface area contributed by atoms with Crippen molar-refractivity contribution in [2.24, 2.45) is 0 Å². The average Bonchev–Trinajstić information content (AvgIpc) is 2.28. The standard InChI is InChI=1S/C14H21FO2S/c1-14(2,3)18-9-11(16)8-10-6-5-7-12(17-4)13(10)15/h5-7,11,16H,8-9H2,1-4H3. The predicted octanol–water partition coefficient (Wildman–Crippen LogP) is 3.27. The molecule has 0 aromatic heterocycles. The maximum Gasteiger partial charge on any atom is 0.168 e. The highest BCUT2D eigenvalue weighted by atomic mass is 32.2. The van der Waals surface area contributed by atoms with Gasteiger partial charge in [-0.1, -0.05) is 32.9 Å². The summed E-state index contributed by atoms with van der Waals surface area (Å²) in [6.45, 7) is 6.28. The van der Waals surface area contributed by atoms with Crippen molar-refractivity contribution in [2.45, 2.75) is 38.0 Å². The molecule has 0 aliphatic heterocycles. The van der Waals surface area contributed by atoms with Crippen LogP contribution in [0.2, 0.25) is 0 Å². The molecule has 0 amide bonds. The number of ether oxygens (including phenoxy) is 1. The van der Waals surface area contributed by atoms with Gasteiger partial charge in [0.25, 0.3) is 0 Å². The van der Waals surface area contributed by atoms with Gasteiger partial charge in [0.2, 0.25) is 0 Å². The molecule has 0 fully saturated rings. The number of hydrogen-bond donors (Lipinski definition) is 1. The van der Waals surface area contributed by atoms with Crippen molar-refractivity contribution in [3.05, 3.63) is 29.6 Å². The summed E-state index contributed by atoms with van der Waals surface area (Å²) in [5, 5.41) is 9.93. The maximum absolute atomic E-state index is 13.9. The van der Waals surface area contributed by atoms with Gasteiger partial charge in [-0.15, -0.1) is 0 Å². The molecular formula is C14H21FO2S. The first-order valence-electron chi connectivity index (χ1n) is 5.97. The van der Waals surface area contributed by atoms with Gasteiger partial charge < -0.3 is 9.84 Å². The highest BCUT2D eigenvalue weighted by Crippen LogP contribution is 2.26. The molecule has 4 heteroatoms. The van der Waals surface area contributed by atoms with Crippen molar-refractivity contribution < 1.29 is 14.2 Å². The molecule has 0 heterocycles. The minimum atomic E-state index is -0.546. The highest BCUT2D eigenvalue weighted by molar-refractivity contribution is 8.00. The van der Waals surface area contributed by atoms with Crippen LogP contribution in [0.1, 0.15) is 26.3 Å². The van der Waals surface area contributed by atoms with Crippen molar-refractivity contribution in [3.8, 4) is 5.75 Å². The lowest BCUT2D eigenvalue weighted by molar-refractivity contribution is 0.198. The second-order valence-electron chi connectivity index (χ2n) is 5.21. The van der Waals surface area contributed by atoms with Crippen molar-refractivity contribution >= 4 is 11.8 Å². The van der Waals surface area contributed by atoms with E-state index in [0.717, 1.165) is 0 Å². The molecule has 1 atom stereocenters. The Balaban J connectivity index is 2.62. The summed E-state index contributed by atoms with van der Waals surface area (Å²) >= 11 is 1.67. The number of thioether (sulfide) groups is 1. The fraction of sp³-hybridized carbons (Fsp3) is 0.571. The Kier molecular flexibility index (Phi) is 5.47. The number of benzene rings is 1. The van der Waals surface area contributed by atoms with E-state index < -0.39 is 6.10 Å². The van der Waals surface area contributed by atoms with E-state index in [4.69, 9.17) is 4.74 Å². The zero-order valence-electron chi connectivity index (χ0n) is 11.4. The van der Waals surface area contributed by atoms with E-state index in [2.05, 4.69) is 20.8 Å². The van der Waals surface area contributed by atoms with Crippen LogP contribution in [-0.2, 0) is 6.42 Å². The Morgan fingerprint density at radius 1 is 1.39 bits per heavy atom. The minimum absolute atomic E-state index is 0.105. The second-order valence-corrected chi connectivity index (χ2v) is 7.06. The molecule has 18 heavy (non-hydrogen) atoms. The van der Waals surface area contributed by atoms with Gasteiger partial charge in [-0.05, 0) is 11.6 Å². The quantitative estimate of drug-likeness (QED) is 0.892. The van der Waals surface area contributed by atoms with Crippen LogP contribution in [0, 0.1) is 5.82 Å². The number of aliphatic hydroxyl groups is 1. The van der Waals surface area contributed by atoms with E-state index in [1.165, 1.54) is 7.11 Å². The summed E-state index contributed by atoms with van der Waals surface area (Å²) in [7, 11) is 1.44. The Labute approximate surface area is 113 Å². The first-order chi connectivity index (χ1) is 8.33. The number of halogens is 1. The van der Waals surface area contributed by atoms with E-state index in [1.54, 1.807) is 30.0 Å². The number of rotatable bonds is 5.